The minimum Gasteiger partial charge on any atom is -0.379 e. The Kier molecular flexibility index (Phi) is 4.25. The molecule has 0 radical (unpaired) electrons. The second kappa shape index (κ2) is 5.55. The van der Waals surface area contributed by atoms with Crippen molar-refractivity contribution in [1.29, 1.82) is 0 Å². The van der Waals surface area contributed by atoms with Crippen molar-refractivity contribution in [2.45, 2.75) is 38.8 Å². The van der Waals surface area contributed by atoms with Crippen LogP contribution in [0.1, 0.15) is 26.7 Å². The summed E-state index contributed by atoms with van der Waals surface area (Å²) in [7, 11) is 0. The van der Waals surface area contributed by atoms with Gasteiger partial charge in [0.2, 0.25) is 5.91 Å². The summed E-state index contributed by atoms with van der Waals surface area (Å²) in [6.45, 7) is 7.96. The summed E-state index contributed by atoms with van der Waals surface area (Å²) in [4.78, 5) is 14.6. The topological polar surface area (TPSA) is 67.6 Å². The number of hydrogen-bond acceptors (Lipinski definition) is 4. The number of ether oxygens (including phenoxy) is 1. The van der Waals surface area contributed by atoms with Crippen molar-refractivity contribution in [1.82, 2.24) is 10.2 Å². The Bertz CT molecular complexity index is 305. The predicted octanol–water partition coefficient (Wildman–Crippen LogP) is -0.0493. The molecule has 0 aromatic heterocycles. The molecule has 2 saturated heterocycles. The molecule has 3 atom stereocenters. The molecule has 2 fully saturated rings. The fourth-order valence-corrected chi connectivity index (χ4v) is 2.68. The van der Waals surface area contributed by atoms with E-state index in [1.807, 2.05) is 6.92 Å². The van der Waals surface area contributed by atoms with Crippen molar-refractivity contribution in [2.24, 2.45) is 11.1 Å². The van der Waals surface area contributed by atoms with Gasteiger partial charge >= 0.3 is 0 Å². The van der Waals surface area contributed by atoms with Gasteiger partial charge in [-0.3, -0.25) is 9.69 Å². The molecule has 0 aliphatic carbocycles. The molecule has 18 heavy (non-hydrogen) atoms. The lowest BCUT2D eigenvalue weighted by atomic mass is 9.85. The van der Waals surface area contributed by atoms with E-state index < -0.39 is 5.41 Å². The van der Waals surface area contributed by atoms with Crippen LogP contribution in [0.4, 0.5) is 0 Å². The number of nitrogens with one attached hydrogen (secondary N) is 1. The first-order valence-corrected chi connectivity index (χ1v) is 6.90. The fraction of sp³-hybridized carbons (Fsp3) is 0.923. The minimum absolute atomic E-state index is 0.0264. The summed E-state index contributed by atoms with van der Waals surface area (Å²) in [5.74, 6) is 0.0264. The van der Waals surface area contributed by atoms with Crippen molar-refractivity contribution in [3.8, 4) is 0 Å². The zero-order valence-corrected chi connectivity index (χ0v) is 11.4. The van der Waals surface area contributed by atoms with E-state index in [4.69, 9.17) is 10.5 Å². The first-order chi connectivity index (χ1) is 8.54. The number of amides is 1. The monoisotopic (exact) mass is 255 g/mol. The third-order valence-corrected chi connectivity index (χ3v) is 4.36. The Morgan fingerprint density at radius 2 is 2.22 bits per heavy atom. The Morgan fingerprint density at radius 1 is 1.56 bits per heavy atom. The molecule has 5 heteroatoms. The van der Waals surface area contributed by atoms with Crippen LogP contribution in [0.15, 0.2) is 0 Å². The second-order valence-corrected chi connectivity index (χ2v) is 5.84. The largest absolute Gasteiger partial charge is 0.379 e. The Balaban J connectivity index is 1.80. The quantitative estimate of drug-likeness (QED) is 0.739. The van der Waals surface area contributed by atoms with E-state index in [0.717, 1.165) is 13.1 Å². The summed E-state index contributed by atoms with van der Waals surface area (Å²) in [5, 5.41) is 3.03. The molecule has 0 bridgehead atoms. The van der Waals surface area contributed by atoms with Gasteiger partial charge in [-0.25, -0.2) is 0 Å². The molecule has 2 aliphatic rings. The zero-order chi connectivity index (χ0) is 13.2. The first-order valence-electron chi connectivity index (χ1n) is 6.90. The van der Waals surface area contributed by atoms with Gasteiger partial charge in [0.15, 0.2) is 0 Å². The Labute approximate surface area is 109 Å². The molecule has 1 amide bonds. The maximum Gasteiger partial charge on any atom is 0.229 e. The van der Waals surface area contributed by atoms with Crippen LogP contribution in [0, 0.1) is 5.41 Å². The van der Waals surface area contributed by atoms with Gasteiger partial charge < -0.3 is 15.8 Å². The third kappa shape index (κ3) is 2.68. The van der Waals surface area contributed by atoms with E-state index in [0.29, 0.717) is 25.8 Å². The van der Waals surface area contributed by atoms with Crippen LogP contribution < -0.4 is 11.1 Å². The van der Waals surface area contributed by atoms with Gasteiger partial charge in [-0.2, -0.15) is 0 Å². The average molecular weight is 255 g/mol. The van der Waals surface area contributed by atoms with Gasteiger partial charge in [0.1, 0.15) is 0 Å². The van der Waals surface area contributed by atoms with Gasteiger partial charge in [0.05, 0.1) is 18.6 Å². The summed E-state index contributed by atoms with van der Waals surface area (Å²) >= 11 is 0. The smallest absolute Gasteiger partial charge is 0.229 e. The average Bonchev–Trinajstić information content (AvgIpc) is 2.98. The number of hydrogen-bond donors (Lipinski definition) is 2. The molecule has 5 nitrogen and oxygen atoms in total. The lowest BCUT2D eigenvalue weighted by molar-refractivity contribution is -0.130. The van der Waals surface area contributed by atoms with Crippen LogP contribution in [0.2, 0.25) is 0 Å². The van der Waals surface area contributed by atoms with Gasteiger partial charge in [0, 0.05) is 18.6 Å². The van der Waals surface area contributed by atoms with Crippen LogP contribution in [-0.2, 0) is 9.53 Å². The van der Waals surface area contributed by atoms with Crippen molar-refractivity contribution >= 4 is 5.91 Å². The van der Waals surface area contributed by atoms with Crippen LogP contribution in [-0.4, -0.2) is 55.7 Å². The van der Waals surface area contributed by atoms with E-state index in [1.54, 1.807) is 0 Å². The normalized spacial score (nSPS) is 34.7. The molecule has 2 rings (SSSR count). The van der Waals surface area contributed by atoms with Gasteiger partial charge in [-0.15, -0.1) is 0 Å². The lowest BCUT2D eigenvalue weighted by Crippen LogP contribution is -2.52. The van der Waals surface area contributed by atoms with Crippen LogP contribution in [0.25, 0.3) is 0 Å². The number of nitrogens with two attached hydrogens (primary N) is 1. The molecule has 0 aromatic carbocycles. The lowest BCUT2D eigenvalue weighted by Gasteiger charge is -2.28. The summed E-state index contributed by atoms with van der Waals surface area (Å²) in [5.41, 5.74) is 5.38. The number of carbonyl (C=O) groups excluding carboxylic acids is 1. The molecule has 0 saturated carbocycles. The van der Waals surface area contributed by atoms with Crippen LogP contribution >= 0.6 is 0 Å². The molecule has 2 aliphatic heterocycles. The van der Waals surface area contributed by atoms with Crippen molar-refractivity contribution in [3.63, 3.8) is 0 Å². The molecule has 0 aromatic rings. The molecular weight excluding hydrogens is 230 g/mol. The van der Waals surface area contributed by atoms with Gasteiger partial charge in [-0.1, -0.05) is 0 Å². The molecule has 104 valence electrons. The SMILES string of the molecule is CC(CNC(=O)C1(C)COCC1N)N1CCCC1. The van der Waals surface area contributed by atoms with Gasteiger partial charge in [0.25, 0.3) is 0 Å². The molecular formula is C13H25N3O2. The standard InChI is InChI=1S/C13H25N3O2/c1-10(16-5-3-4-6-16)7-15-12(17)13(2)9-18-8-11(13)14/h10-11H,3-9,14H2,1-2H3,(H,15,17). The summed E-state index contributed by atoms with van der Waals surface area (Å²) < 4.78 is 5.30. The first kappa shape index (κ1) is 13.8. The Hall–Kier alpha value is -0.650. The summed E-state index contributed by atoms with van der Waals surface area (Å²) in [6, 6.07) is 0.207. The Morgan fingerprint density at radius 3 is 2.78 bits per heavy atom. The van der Waals surface area contributed by atoms with E-state index >= 15 is 0 Å². The highest BCUT2D eigenvalue weighted by Crippen LogP contribution is 2.27. The number of likely N-dealkylation sites (tertiary alicyclic amines) is 1. The van der Waals surface area contributed by atoms with Crippen molar-refractivity contribution < 1.29 is 9.53 Å². The zero-order valence-electron chi connectivity index (χ0n) is 11.4. The number of nitrogens with zero attached hydrogens (tertiary/aromatic N) is 1. The highest BCUT2D eigenvalue weighted by Gasteiger charge is 2.44. The van der Waals surface area contributed by atoms with E-state index in [1.165, 1.54) is 12.8 Å². The maximum absolute atomic E-state index is 12.2. The molecule has 0 spiro atoms. The van der Waals surface area contributed by atoms with Crippen LogP contribution in [0.3, 0.4) is 0 Å². The highest BCUT2D eigenvalue weighted by molar-refractivity contribution is 5.83. The van der Waals surface area contributed by atoms with Crippen molar-refractivity contribution in [3.05, 3.63) is 0 Å². The molecule has 3 N–H and O–H groups in total. The van der Waals surface area contributed by atoms with Crippen LogP contribution in [0.5, 0.6) is 0 Å². The minimum atomic E-state index is -0.565. The number of rotatable bonds is 4. The van der Waals surface area contributed by atoms with Gasteiger partial charge in [-0.05, 0) is 39.8 Å². The maximum atomic E-state index is 12.2. The second-order valence-electron chi connectivity index (χ2n) is 5.84. The summed E-state index contributed by atoms with van der Waals surface area (Å²) in [6.07, 6.45) is 2.55. The van der Waals surface area contributed by atoms with E-state index in [9.17, 15) is 4.79 Å². The molecule has 3 unspecified atom stereocenters. The predicted molar refractivity (Wildman–Crippen MR) is 70.2 cm³/mol. The van der Waals surface area contributed by atoms with E-state index in [2.05, 4.69) is 17.1 Å². The van der Waals surface area contributed by atoms with Crippen molar-refractivity contribution in [2.75, 3.05) is 32.8 Å². The highest BCUT2D eigenvalue weighted by atomic mass is 16.5. The third-order valence-electron chi connectivity index (χ3n) is 4.36. The fourth-order valence-electron chi connectivity index (χ4n) is 2.68. The van der Waals surface area contributed by atoms with E-state index in [-0.39, 0.29) is 11.9 Å². The number of carbonyl (C=O) groups is 1. The molecule has 2 heterocycles.